The highest BCUT2D eigenvalue weighted by molar-refractivity contribution is 5.80. The lowest BCUT2D eigenvalue weighted by molar-refractivity contribution is -0.129. The molecule has 3 aliphatic rings. The molecule has 3 fully saturated rings. The first-order valence-corrected chi connectivity index (χ1v) is 9.03. The van der Waals surface area contributed by atoms with Crippen molar-refractivity contribution in [3.63, 3.8) is 0 Å². The number of likely N-dealkylation sites (tertiary alicyclic amines) is 1. The summed E-state index contributed by atoms with van der Waals surface area (Å²) in [6.45, 7) is 2.12. The van der Waals surface area contributed by atoms with Crippen molar-refractivity contribution in [3.05, 3.63) is 0 Å². The summed E-state index contributed by atoms with van der Waals surface area (Å²) >= 11 is 0. The average Bonchev–Trinajstić information content (AvgIpc) is 3.32. The predicted octanol–water partition coefficient (Wildman–Crippen LogP) is 1.43. The standard InChI is InChI=1S/C17H29N3O2/c21-16(18-14-6-2-1-3-7-14)12-20-10-4-5-13(11-20)17(22)19-15-8-9-15/h13-15H,1-12H2,(H,18,21)(H,19,22). The zero-order chi connectivity index (χ0) is 15.4. The molecule has 1 aliphatic heterocycles. The van der Waals surface area contributed by atoms with E-state index in [-0.39, 0.29) is 17.7 Å². The van der Waals surface area contributed by atoms with Gasteiger partial charge in [0.15, 0.2) is 0 Å². The maximum absolute atomic E-state index is 12.2. The minimum Gasteiger partial charge on any atom is -0.353 e. The van der Waals surface area contributed by atoms with E-state index in [1.54, 1.807) is 0 Å². The van der Waals surface area contributed by atoms with E-state index >= 15 is 0 Å². The first kappa shape index (κ1) is 15.8. The van der Waals surface area contributed by atoms with Crippen molar-refractivity contribution in [3.8, 4) is 0 Å². The number of carbonyl (C=O) groups is 2. The van der Waals surface area contributed by atoms with E-state index < -0.39 is 0 Å². The van der Waals surface area contributed by atoms with Crippen LogP contribution in [-0.2, 0) is 9.59 Å². The molecule has 5 heteroatoms. The van der Waals surface area contributed by atoms with Gasteiger partial charge in [-0.25, -0.2) is 0 Å². The van der Waals surface area contributed by atoms with E-state index in [4.69, 9.17) is 0 Å². The number of nitrogens with zero attached hydrogens (tertiary/aromatic N) is 1. The molecule has 0 spiro atoms. The Balaban J connectivity index is 1.40. The van der Waals surface area contributed by atoms with E-state index in [0.717, 1.165) is 51.6 Å². The smallest absolute Gasteiger partial charge is 0.234 e. The Labute approximate surface area is 133 Å². The zero-order valence-electron chi connectivity index (χ0n) is 13.5. The average molecular weight is 307 g/mol. The molecule has 2 amide bonds. The molecule has 3 rings (SSSR count). The Morgan fingerprint density at radius 1 is 0.864 bits per heavy atom. The fraction of sp³-hybridized carbons (Fsp3) is 0.882. The third kappa shape index (κ3) is 4.70. The van der Waals surface area contributed by atoms with E-state index in [0.29, 0.717) is 18.6 Å². The number of nitrogens with one attached hydrogen (secondary N) is 2. The van der Waals surface area contributed by atoms with Crippen LogP contribution in [0.2, 0.25) is 0 Å². The molecule has 5 nitrogen and oxygen atoms in total. The fourth-order valence-electron chi connectivity index (χ4n) is 3.68. The van der Waals surface area contributed by atoms with Gasteiger partial charge >= 0.3 is 0 Å². The van der Waals surface area contributed by atoms with Gasteiger partial charge in [0.2, 0.25) is 11.8 Å². The Hall–Kier alpha value is -1.10. The van der Waals surface area contributed by atoms with Crippen LogP contribution in [0.15, 0.2) is 0 Å². The van der Waals surface area contributed by atoms with Gasteiger partial charge in [0.05, 0.1) is 12.5 Å². The lowest BCUT2D eigenvalue weighted by Crippen LogP contribution is -2.48. The first-order chi connectivity index (χ1) is 10.7. The van der Waals surface area contributed by atoms with Crippen LogP contribution in [0.3, 0.4) is 0 Å². The van der Waals surface area contributed by atoms with Crippen molar-refractivity contribution in [1.82, 2.24) is 15.5 Å². The molecule has 22 heavy (non-hydrogen) atoms. The van der Waals surface area contributed by atoms with Crippen LogP contribution >= 0.6 is 0 Å². The number of amides is 2. The summed E-state index contributed by atoms with van der Waals surface area (Å²) in [5, 5.41) is 6.27. The van der Waals surface area contributed by atoms with Gasteiger partial charge in [-0.1, -0.05) is 19.3 Å². The number of rotatable bonds is 5. The van der Waals surface area contributed by atoms with Crippen molar-refractivity contribution in [2.45, 2.75) is 69.9 Å². The maximum Gasteiger partial charge on any atom is 0.234 e. The Morgan fingerprint density at radius 3 is 2.32 bits per heavy atom. The summed E-state index contributed by atoms with van der Waals surface area (Å²) in [5.41, 5.74) is 0. The van der Waals surface area contributed by atoms with Crippen LogP contribution in [0.25, 0.3) is 0 Å². The second-order valence-electron chi connectivity index (χ2n) is 7.26. The molecule has 0 aromatic heterocycles. The van der Waals surface area contributed by atoms with Gasteiger partial charge in [-0.2, -0.15) is 0 Å². The number of carbonyl (C=O) groups excluding carboxylic acids is 2. The summed E-state index contributed by atoms with van der Waals surface area (Å²) in [6.07, 6.45) is 10.2. The summed E-state index contributed by atoms with van der Waals surface area (Å²) in [7, 11) is 0. The third-order valence-corrected chi connectivity index (χ3v) is 5.14. The van der Waals surface area contributed by atoms with Crippen LogP contribution in [0.4, 0.5) is 0 Å². The lowest BCUT2D eigenvalue weighted by Gasteiger charge is -2.32. The SMILES string of the molecule is O=C(CN1CCCC(C(=O)NC2CC2)C1)NC1CCCCC1. The van der Waals surface area contributed by atoms with Crippen molar-refractivity contribution in [2.75, 3.05) is 19.6 Å². The number of hydrogen-bond donors (Lipinski definition) is 2. The van der Waals surface area contributed by atoms with Gasteiger partial charge in [0, 0.05) is 18.6 Å². The Bertz CT molecular complexity index is 403. The first-order valence-electron chi connectivity index (χ1n) is 9.03. The van der Waals surface area contributed by atoms with Gasteiger partial charge in [-0.3, -0.25) is 14.5 Å². The van der Waals surface area contributed by atoms with Crippen molar-refractivity contribution in [2.24, 2.45) is 5.92 Å². The van der Waals surface area contributed by atoms with Crippen LogP contribution < -0.4 is 10.6 Å². The Morgan fingerprint density at radius 2 is 1.59 bits per heavy atom. The summed E-state index contributed by atoms with van der Waals surface area (Å²) in [6, 6.07) is 0.803. The molecular formula is C17H29N3O2. The number of hydrogen-bond acceptors (Lipinski definition) is 3. The summed E-state index contributed by atoms with van der Waals surface area (Å²) in [4.78, 5) is 26.5. The predicted molar refractivity (Wildman–Crippen MR) is 85.3 cm³/mol. The van der Waals surface area contributed by atoms with Crippen LogP contribution in [0.1, 0.15) is 57.8 Å². The van der Waals surface area contributed by atoms with Gasteiger partial charge in [-0.05, 0) is 45.1 Å². The molecule has 0 bridgehead atoms. The molecule has 1 heterocycles. The maximum atomic E-state index is 12.2. The van der Waals surface area contributed by atoms with Gasteiger partial charge < -0.3 is 10.6 Å². The highest BCUT2D eigenvalue weighted by Crippen LogP contribution is 2.22. The molecule has 0 aromatic carbocycles. The van der Waals surface area contributed by atoms with E-state index in [9.17, 15) is 9.59 Å². The van der Waals surface area contributed by atoms with E-state index in [2.05, 4.69) is 15.5 Å². The molecule has 1 unspecified atom stereocenters. The highest BCUT2D eigenvalue weighted by Gasteiger charge is 2.31. The minimum absolute atomic E-state index is 0.0665. The highest BCUT2D eigenvalue weighted by atomic mass is 16.2. The van der Waals surface area contributed by atoms with Crippen LogP contribution in [0, 0.1) is 5.92 Å². The van der Waals surface area contributed by atoms with Gasteiger partial charge in [0.25, 0.3) is 0 Å². The van der Waals surface area contributed by atoms with Crippen molar-refractivity contribution >= 4 is 11.8 Å². The van der Waals surface area contributed by atoms with E-state index in [1.165, 1.54) is 19.3 Å². The zero-order valence-corrected chi connectivity index (χ0v) is 13.5. The Kier molecular flexibility index (Phi) is 5.34. The van der Waals surface area contributed by atoms with Crippen molar-refractivity contribution < 1.29 is 9.59 Å². The fourth-order valence-corrected chi connectivity index (χ4v) is 3.68. The monoisotopic (exact) mass is 307 g/mol. The van der Waals surface area contributed by atoms with Gasteiger partial charge in [0.1, 0.15) is 0 Å². The molecule has 124 valence electrons. The summed E-state index contributed by atoms with van der Waals surface area (Å²) in [5.74, 6) is 0.395. The molecule has 1 atom stereocenters. The molecule has 2 N–H and O–H groups in total. The molecule has 0 aromatic rings. The largest absolute Gasteiger partial charge is 0.353 e. The number of piperidine rings is 1. The molecule has 0 radical (unpaired) electrons. The lowest BCUT2D eigenvalue weighted by atomic mass is 9.95. The van der Waals surface area contributed by atoms with Crippen LogP contribution in [-0.4, -0.2) is 48.4 Å². The molecular weight excluding hydrogens is 278 g/mol. The van der Waals surface area contributed by atoms with Gasteiger partial charge in [-0.15, -0.1) is 0 Å². The van der Waals surface area contributed by atoms with Crippen LogP contribution in [0.5, 0.6) is 0 Å². The van der Waals surface area contributed by atoms with E-state index in [1.807, 2.05) is 0 Å². The third-order valence-electron chi connectivity index (χ3n) is 5.14. The summed E-state index contributed by atoms with van der Waals surface area (Å²) < 4.78 is 0. The quantitative estimate of drug-likeness (QED) is 0.807. The second-order valence-corrected chi connectivity index (χ2v) is 7.26. The normalized spacial score (nSPS) is 27.4. The van der Waals surface area contributed by atoms with Crippen molar-refractivity contribution in [1.29, 1.82) is 0 Å². The second kappa shape index (κ2) is 7.44. The molecule has 2 saturated carbocycles. The minimum atomic E-state index is 0.0665. The molecule has 2 aliphatic carbocycles. The topological polar surface area (TPSA) is 61.4 Å². The molecule has 1 saturated heterocycles.